The van der Waals surface area contributed by atoms with Crippen LogP contribution < -0.4 is 5.32 Å². The molecule has 0 atom stereocenters. The highest BCUT2D eigenvalue weighted by Gasteiger charge is 2.09. The van der Waals surface area contributed by atoms with E-state index in [9.17, 15) is 4.79 Å². The van der Waals surface area contributed by atoms with Crippen LogP contribution in [0, 0.1) is 11.8 Å². The molecule has 2 aromatic heterocycles. The molecule has 1 amide bonds. The van der Waals surface area contributed by atoms with E-state index in [1.807, 2.05) is 11.4 Å². The Balaban J connectivity index is 1.93. The summed E-state index contributed by atoms with van der Waals surface area (Å²) >= 11 is 6.47. The van der Waals surface area contributed by atoms with Crippen LogP contribution in [0.5, 0.6) is 0 Å². The Labute approximate surface area is 133 Å². The molecule has 104 valence electrons. The van der Waals surface area contributed by atoms with Crippen LogP contribution in [-0.2, 0) is 6.54 Å². The highest BCUT2D eigenvalue weighted by atomic mass is 79.9. The predicted molar refractivity (Wildman–Crippen MR) is 86.1 cm³/mol. The highest BCUT2D eigenvalue weighted by molar-refractivity contribution is 9.10. The number of aliphatic hydroxyl groups excluding tert-OH is 1. The molecule has 2 rings (SSSR count). The van der Waals surface area contributed by atoms with Crippen LogP contribution >= 0.6 is 38.6 Å². The smallest absolute Gasteiger partial charge is 0.252 e. The first-order valence-electron chi connectivity index (χ1n) is 5.89. The molecule has 0 spiro atoms. The summed E-state index contributed by atoms with van der Waals surface area (Å²) in [5.41, 5.74) is 0.621. The van der Waals surface area contributed by atoms with E-state index in [2.05, 4.69) is 33.1 Å². The molecule has 20 heavy (non-hydrogen) atoms. The fraction of sp³-hybridized carbons (Fsp3) is 0.214. The van der Waals surface area contributed by atoms with Crippen molar-refractivity contribution in [3.63, 3.8) is 0 Å². The molecular weight excluding hydrogens is 358 g/mol. The number of thiophene rings is 2. The molecule has 6 heteroatoms. The molecule has 0 saturated carbocycles. The minimum absolute atomic E-state index is 0.0570. The normalized spacial score (nSPS) is 9.90. The Morgan fingerprint density at radius 1 is 1.45 bits per heavy atom. The van der Waals surface area contributed by atoms with E-state index in [1.165, 1.54) is 11.3 Å². The van der Waals surface area contributed by atoms with E-state index >= 15 is 0 Å². The molecule has 0 fully saturated rings. The molecule has 3 nitrogen and oxygen atoms in total. The van der Waals surface area contributed by atoms with Gasteiger partial charge in [-0.15, -0.1) is 22.7 Å². The summed E-state index contributed by atoms with van der Waals surface area (Å²) in [4.78, 5) is 13.9. The van der Waals surface area contributed by atoms with Gasteiger partial charge in [0.2, 0.25) is 0 Å². The zero-order valence-corrected chi connectivity index (χ0v) is 13.7. The van der Waals surface area contributed by atoms with Crippen molar-refractivity contribution in [2.45, 2.75) is 13.0 Å². The lowest BCUT2D eigenvalue weighted by molar-refractivity contribution is 0.0951. The molecule has 0 radical (unpaired) electrons. The third-order valence-corrected chi connectivity index (χ3v) is 5.18. The first-order chi connectivity index (χ1) is 9.70. The molecule has 0 aromatic carbocycles. The number of hydrogen-bond acceptors (Lipinski definition) is 4. The minimum atomic E-state index is -0.100. The third-order valence-electron chi connectivity index (χ3n) is 2.41. The van der Waals surface area contributed by atoms with Crippen LogP contribution in [0.4, 0.5) is 0 Å². The van der Waals surface area contributed by atoms with E-state index in [1.54, 1.807) is 22.8 Å². The van der Waals surface area contributed by atoms with E-state index in [4.69, 9.17) is 5.11 Å². The van der Waals surface area contributed by atoms with Crippen molar-refractivity contribution in [2.75, 3.05) is 6.61 Å². The van der Waals surface area contributed by atoms with E-state index in [0.717, 1.165) is 14.2 Å². The van der Waals surface area contributed by atoms with Crippen molar-refractivity contribution in [3.8, 4) is 11.8 Å². The van der Waals surface area contributed by atoms with Crippen molar-refractivity contribution < 1.29 is 9.90 Å². The van der Waals surface area contributed by atoms with Gasteiger partial charge in [0.05, 0.1) is 23.6 Å². The number of nitrogens with one attached hydrogen (secondary N) is 1. The second-order valence-corrected chi connectivity index (χ2v) is 6.62. The molecule has 0 saturated heterocycles. The second kappa shape index (κ2) is 7.60. The first-order valence-corrected chi connectivity index (χ1v) is 8.44. The number of hydrogen-bond donors (Lipinski definition) is 2. The monoisotopic (exact) mass is 369 g/mol. The van der Waals surface area contributed by atoms with Crippen molar-refractivity contribution in [2.24, 2.45) is 0 Å². The number of aliphatic hydroxyl groups is 1. The van der Waals surface area contributed by atoms with E-state index < -0.39 is 0 Å². The van der Waals surface area contributed by atoms with Crippen LogP contribution in [0.3, 0.4) is 0 Å². The summed E-state index contributed by atoms with van der Waals surface area (Å²) in [6.07, 6.45) is 0.450. The van der Waals surface area contributed by atoms with Gasteiger partial charge in [0.15, 0.2) is 0 Å². The highest BCUT2D eigenvalue weighted by Crippen LogP contribution is 2.22. The Bertz CT molecular complexity index is 651. The summed E-state index contributed by atoms with van der Waals surface area (Å²) in [5, 5.41) is 15.3. The zero-order chi connectivity index (χ0) is 14.4. The van der Waals surface area contributed by atoms with Crippen LogP contribution in [0.2, 0.25) is 0 Å². The van der Waals surface area contributed by atoms with Gasteiger partial charge in [0.1, 0.15) is 0 Å². The average molecular weight is 370 g/mol. The number of rotatable bonds is 4. The van der Waals surface area contributed by atoms with Crippen LogP contribution in [-0.4, -0.2) is 17.6 Å². The number of carbonyl (C=O) groups excluding carboxylic acids is 1. The van der Waals surface area contributed by atoms with Gasteiger partial charge >= 0.3 is 0 Å². The van der Waals surface area contributed by atoms with E-state index in [-0.39, 0.29) is 12.5 Å². The Hall–Kier alpha value is -1.13. The van der Waals surface area contributed by atoms with Crippen molar-refractivity contribution in [1.82, 2.24) is 5.32 Å². The van der Waals surface area contributed by atoms with Gasteiger partial charge in [-0.3, -0.25) is 4.79 Å². The molecule has 0 aliphatic rings. The fourth-order valence-electron chi connectivity index (χ4n) is 1.44. The van der Waals surface area contributed by atoms with Crippen molar-refractivity contribution in [3.05, 3.63) is 42.7 Å². The maximum absolute atomic E-state index is 12.0. The predicted octanol–water partition coefficient (Wildman–Crippen LogP) is 3.24. The second-order valence-electron chi connectivity index (χ2n) is 3.85. The van der Waals surface area contributed by atoms with Gasteiger partial charge < -0.3 is 10.4 Å². The Morgan fingerprint density at radius 3 is 3.00 bits per heavy atom. The summed E-state index contributed by atoms with van der Waals surface area (Å²) in [6, 6.07) is 3.74. The summed E-state index contributed by atoms with van der Waals surface area (Å²) in [7, 11) is 0. The van der Waals surface area contributed by atoms with Crippen LogP contribution in [0.15, 0.2) is 27.4 Å². The van der Waals surface area contributed by atoms with E-state index in [0.29, 0.717) is 18.5 Å². The summed E-state index contributed by atoms with van der Waals surface area (Å²) < 4.78 is 1.02. The van der Waals surface area contributed by atoms with Crippen molar-refractivity contribution >= 4 is 44.5 Å². The fourth-order valence-corrected chi connectivity index (χ4v) is 3.63. The zero-order valence-electron chi connectivity index (χ0n) is 10.5. The van der Waals surface area contributed by atoms with Gasteiger partial charge in [-0.1, -0.05) is 11.8 Å². The molecule has 2 aromatic rings. The maximum atomic E-state index is 12.0. The number of amides is 1. The van der Waals surface area contributed by atoms with Gasteiger partial charge in [-0.2, -0.15) is 0 Å². The lowest BCUT2D eigenvalue weighted by Gasteiger charge is -2.02. The summed E-state index contributed by atoms with van der Waals surface area (Å²) in [5.74, 6) is 5.66. The Morgan fingerprint density at radius 2 is 2.30 bits per heavy atom. The Kier molecular flexibility index (Phi) is 5.80. The molecule has 0 bridgehead atoms. The van der Waals surface area contributed by atoms with Gasteiger partial charge in [0.25, 0.3) is 5.91 Å². The van der Waals surface area contributed by atoms with Gasteiger partial charge in [-0.05, 0) is 33.4 Å². The molecule has 2 heterocycles. The van der Waals surface area contributed by atoms with Crippen molar-refractivity contribution in [1.29, 1.82) is 0 Å². The number of carbonyl (C=O) groups is 1. The molecule has 0 aliphatic heterocycles. The third kappa shape index (κ3) is 4.18. The standard InChI is InChI=1S/C14H12BrNO2S2/c15-12-4-6-19-13(12)8-16-14(18)10-7-11(20-9-10)3-1-2-5-17/h4,6-7,9,17H,2,5,8H2,(H,16,18). The lowest BCUT2D eigenvalue weighted by atomic mass is 10.3. The van der Waals surface area contributed by atoms with Gasteiger partial charge in [-0.25, -0.2) is 0 Å². The minimum Gasteiger partial charge on any atom is -0.395 e. The quantitative estimate of drug-likeness (QED) is 0.812. The largest absolute Gasteiger partial charge is 0.395 e. The molecule has 0 unspecified atom stereocenters. The van der Waals surface area contributed by atoms with Crippen LogP contribution in [0.1, 0.15) is 26.5 Å². The maximum Gasteiger partial charge on any atom is 0.252 e. The van der Waals surface area contributed by atoms with Gasteiger partial charge in [0, 0.05) is 21.2 Å². The molecule has 2 N–H and O–H groups in total. The lowest BCUT2D eigenvalue weighted by Crippen LogP contribution is -2.21. The number of halogens is 1. The SMILES string of the molecule is O=C(NCc1sccc1Br)c1csc(C#CCCO)c1. The van der Waals surface area contributed by atoms with Crippen LogP contribution in [0.25, 0.3) is 0 Å². The first kappa shape index (κ1) is 15.3. The molecule has 0 aliphatic carbocycles. The topological polar surface area (TPSA) is 49.3 Å². The molecular formula is C14H12BrNO2S2. The average Bonchev–Trinajstić information content (AvgIpc) is 3.06. The summed E-state index contributed by atoms with van der Waals surface area (Å²) in [6.45, 7) is 0.569.